The number of aliphatic hydroxyl groups is 7. The van der Waals surface area contributed by atoms with Gasteiger partial charge in [-0.15, -0.1) is 0 Å². The third-order valence-corrected chi connectivity index (χ3v) is 4.06. The van der Waals surface area contributed by atoms with Gasteiger partial charge < -0.3 is 45.3 Å². The molecule has 0 aliphatic rings. The average molecular weight is 504 g/mol. The van der Waals surface area contributed by atoms with Crippen molar-refractivity contribution in [3.05, 3.63) is 0 Å². The van der Waals surface area contributed by atoms with E-state index in [9.17, 15) is 31.5 Å². The smallest absolute Gasteiger partial charge is 0.391 e. The van der Waals surface area contributed by atoms with Crippen molar-refractivity contribution in [2.45, 2.75) is 55.8 Å². The minimum absolute atomic E-state index is 0.0791. The van der Waals surface area contributed by atoms with Crippen LogP contribution in [0.15, 0.2) is 0 Å². The Labute approximate surface area is 176 Å². The van der Waals surface area contributed by atoms with Crippen LogP contribution in [0.1, 0.15) is 6.92 Å². The Morgan fingerprint density at radius 3 is 1.52 bits per heavy atom. The second-order valence-corrected chi connectivity index (χ2v) is 7.87. The van der Waals surface area contributed by atoms with Crippen LogP contribution in [0.25, 0.3) is 0 Å². The highest BCUT2D eigenvalue weighted by atomic mass is 32.3. The Bertz CT molecular complexity index is 734. The number of aldehydes is 2. The first-order valence-corrected chi connectivity index (χ1v) is 10.6. The third kappa shape index (κ3) is 14.5. The molecule has 0 aliphatic carbocycles. The van der Waals surface area contributed by atoms with Gasteiger partial charge in [0.15, 0.2) is 12.6 Å². The second kappa shape index (κ2) is 14.1. The van der Waals surface area contributed by atoms with E-state index in [4.69, 9.17) is 39.7 Å². The van der Waals surface area contributed by atoms with Gasteiger partial charge in [0, 0.05) is 0 Å². The zero-order chi connectivity index (χ0) is 25.2. The third-order valence-electron chi connectivity index (χ3n) is 3.16. The lowest BCUT2D eigenvalue weighted by Gasteiger charge is -2.24. The average Bonchev–Trinajstić information content (AvgIpc) is 2.66. The lowest BCUT2D eigenvalue weighted by Crippen LogP contribution is -2.46. The molecule has 19 heteroatoms. The van der Waals surface area contributed by atoms with Gasteiger partial charge in [-0.3, -0.25) is 9.11 Å². The zero-order valence-corrected chi connectivity index (χ0v) is 17.2. The van der Waals surface area contributed by atoms with E-state index in [2.05, 4.69) is 8.37 Å². The van der Waals surface area contributed by atoms with Crippen LogP contribution in [-0.4, -0.2) is 130 Å². The maximum absolute atomic E-state index is 10.3. The van der Waals surface area contributed by atoms with Gasteiger partial charge in [-0.2, -0.15) is 16.8 Å². The Morgan fingerprint density at radius 2 is 1.19 bits per heavy atom. The van der Waals surface area contributed by atoms with Gasteiger partial charge in [0.1, 0.15) is 42.7 Å². The topological polar surface area (TPSA) is 303 Å². The summed E-state index contributed by atoms with van der Waals surface area (Å²) in [4.78, 5) is 20.2. The Balaban J connectivity index is 0. The Hall–Kier alpha value is -1.20. The summed E-state index contributed by atoms with van der Waals surface area (Å²) < 4.78 is 64.8. The van der Waals surface area contributed by atoms with Crippen LogP contribution in [0.5, 0.6) is 0 Å². The van der Waals surface area contributed by atoms with Crippen LogP contribution in [0.3, 0.4) is 0 Å². The molecule has 0 aromatic heterocycles. The fourth-order valence-electron chi connectivity index (χ4n) is 1.57. The van der Waals surface area contributed by atoms with Gasteiger partial charge in [-0.05, 0) is 6.92 Å². The first-order valence-electron chi connectivity index (χ1n) is 7.82. The number of hydrogen-bond donors (Lipinski definition) is 9. The van der Waals surface area contributed by atoms with Crippen molar-refractivity contribution in [3.8, 4) is 0 Å². The summed E-state index contributed by atoms with van der Waals surface area (Å²) >= 11 is 0. The van der Waals surface area contributed by atoms with Gasteiger partial charge >= 0.3 is 20.8 Å². The molecule has 17 nitrogen and oxygen atoms in total. The minimum atomic E-state index is -4.95. The summed E-state index contributed by atoms with van der Waals surface area (Å²) in [6.45, 7) is 0.0468. The number of carbonyl (C=O) groups excluding carboxylic acids is 2. The number of rotatable bonds is 13. The van der Waals surface area contributed by atoms with E-state index in [1.807, 2.05) is 0 Å². The van der Waals surface area contributed by atoms with Crippen LogP contribution >= 0.6 is 0 Å². The zero-order valence-electron chi connectivity index (χ0n) is 15.6. The van der Waals surface area contributed by atoms with Gasteiger partial charge in [0.05, 0.1) is 12.7 Å². The monoisotopic (exact) mass is 504 g/mol. The first kappa shape index (κ1) is 32.0. The van der Waals surface area contributed by atoms with E-state index in [0.29, 0.717) is 0 Å². The van der Waals surface area contributed by atoms with Crippen molar-refractivity contribution in [1.29, 1.82) is 0 Å². The van der Waals surface area contributed by atoms with Crippen molar-refractivity contribution in [3.63, 3.8) is 0 Å². The molecule has 0 spiro atoms. The molecular formula is C12H24O17S2. The molecule has 0 saturated heterocycles. The van der Waals surface area contributed by atoms with E-state index in [1.165, 1.54) is 0 Å². The molecule has 8 atom stereocenters. The summed E-state index contributed by atoms with van der Waals surface area (Å²) in [5.41, 5.74) is 0. The second-order valence-electron chi connectivity index (χ2n) is 5.73. The van der Waals surface area contributed by atoms with Crippen molar-refractivity contribution >= 4 is 33.4 Å². The minimum Gasteiger partial charge on any atom is -0.391 e. The molecule has 0 bridgehead atoms. The van der Waals surface area contributed by atoms with Crippen LogP contribution in [0.2, 0.25) is 0 Å². The van der Waals surface area contributed by atoms with Crippen molar-refractivity contribution in [2.24, 2.45) is 0 Å². The molecule has 31 heavy (non-hydrogen) atoms. The van der Waals surface area contributed by atoms with Gasteiger partial charge in [-0.25, -0.2) is 8.37 Å². The van der Waals surface area contributed by atoms with Gasteiger partial charge in [-0.1, -0.05) is 0 Å². The van der Waals surface area contributed by atoms with E-state index >= 15 is 0 Å². The maximum Gasteiger partial charge on any atom is 0.397 e. The van der Waals surface area contributed by atoms with Crippen molar-refractivity contribution in [2.75, 3.05) is 6.61 Å². The number of hydrogen-bond acceptors (Lipinski definition) is 15. The van der Waals surface area contributed by atoms with Gasteiger partial charge in [0.25, 0.3) is 0 Å². The normalized spacial score (nSPS) is 20.1. The van der Waals surface area contributed by atoms with Gasteiger partial charge in [0.2, 0.25) is 0 Å². The van der Waals surface area contributed by atoms with E-state index in [1.54, 1.807) is 0 Å². The highest BCUT2D eigenvalue weighted by molar-refractivity contribution is 7.81. The molecule has 0 aromatic rings. The molecule has 9 N–H and O–H groups in total. The fourth-order valence-corrected chi connectivity index (χ4v) is 2.39. The summed E-state index contributed by atoms with van der Waals surface area (Å²) in [5, 5.41) is 63.0. The molecule has 0 radical (unpaired) electrons. The summed E-state index contributed by atoms with van der Waals surface area (Å²) in [7, 11) is -9.74. The molecule has 0 amide bonds. The summed E-state index contributed by atoms with van der Waals surface area (Å²) in [6, 6.07) is 0. The SMILES string of the molecule is C[C@@H](O)[C@H](O)[C@H](OS(=O)(=O)O)[C@@H](O)C=O.O=C[C@@H](O)[C@@H](O)[C@H](O)[C@H](O)COS(=O)(=O)O. The fraction of sp³-hybridized carbons (Fsp3) is 0.833. The molecule has 0 aliphatic heterocycles. The van der Waals surface area contributed by atoms with E-state index in [0.717, 1.165) is 6.92 Å². The lowest BCUT2D eigenvalue weighted by molar-refractivity contribution is -0.135. The number of aliphatic hydroxyl groups excluding tert-OH is 7. The Kier molecular flexibility index (Phi) is 14.5. The lowest BCUT2D eigenvalue weighted by atomic mass is 10.0. The quantitative estimate of drug-likeness (QED) is 0.0832. The highest BCUT2D eigenvalue weighted by Gasteiger charge is 2.34. The molecular weight excluding hydrogens is 480 g/mol. The van der Waals surface area contributed by atoms with Crippen LogP contribution < -0.4 is 0 Å². The predicted molar refractivity (Wildman–Crippen MR) is 93.8 cm³/mol. The predicted octanol–water partition coefficient (Wildman–Crippen LogP) is -6.08. The van der Waals surface area contributed by atoms with Crippen molar-refractivity contribution < 1.29 is 79.6 Å². The van der Waals surface area contributed by atoms with E-state index < -0.39 is 76.2 Å². The molecule has 0 fully saturated rings. The van der Waals surface area contributed by atoms with Crippen LogP contribution in [0.4, 0.5) is 0 Å². The molecule has 0 heterocycles. The highest BCUT2D eigenvalue weighted by Crippen LogP contribution is 2.11. The molecule has 186 valence electrons. The molecule has 0 rings (SSSR count). The van der Waals surface area contributed by atoms with Crippen LogP contribution in [0, 0.1) is 0 Å². The standard InChI is InChI=1S/C6H12O9S.C6H12O8S/c7-1-3(8)5(10)6(11)4(9)2-15-16(12,13)14;1-3(8)5(10)6(4(9)2-7)14-15(11,12)13/h1,3-6,8-11H,2H2,(H,12,13,14);2-6,8-10H,1H3,(H,11,12,13)/t3-,4-,5-,6-;3-,4+,5+,6-/m11/s1. The van der Waals surface area contributed by atoms with Crippen LogP contribution in [-0.2, 0) is 38.8 Å². The van der Waals surface area contributed by atoms with E-state index in [-0.39, 0.29) is 12.6 Å². The molecule has 0 aromatic carbocycles. The first-order chi connectivity index (χ1) is 13.9. The summed E-state index contributed by atoms with van der Waals surface area (Å²) in [5.74, 6) is 0. The maximum atomic E-state index is 10.3. The number of carbonyl (C=O) groups is 2. The molecule has 0 saturated carbocycles. The Morgan fingerprint density at radius 1 is 0.742 bits per heavy atom. The summed E-state index contributed by atoms with van der Waals surface area (Å²) in [6.07, 6.45) is -15.3. The van der Waals surface area contributed by atoms with Crippen molar-refractivity contribution in [1.82, 2.24) is 0 Å². The molecule has 0 unspecified atom stereocenters. The largest absolute Gasteiger partial charge is 0.397 e.